The average molecular weight is 446 g/mol. The zero-order valence-corrected chi connectivity index (χ0v) is 18.2. The van der Waals surface area contributed by atoms with Crippen molar-refractivity contribution in [3.8, 4) is 6.07 Å². The molecule has 0 saturated carbocycles. The number of imide groups is 1. The van der Waals surface area contributed by atoms with Gasteiger partial charge in [0.2, 0.25) is 11.8 Å². The third-order valence-electron chi connectivity index (χ3n) is 6.00. The predicted octanol–water partition coefficient (Wildman–Crippen LogP) is 2.68. The number of carbonyl (C=O) groups excluding carboxylic acids is 4. The summed E-state index contributed by atoms with van der Waals surface area (Å²) in [5.74, 6) is -1.08. The molecule has 2 aromatic rings. The zero-order chi connectivity index (χ0) is 23.7. The molecule has 4 amide bonds. The topological polar surface area (TPSA) is 129 Å². The highest BCUT2D eigenvalue weighted by atomic mass is 16.5. The third-order valence-corrected chi connectivity index (χ3v) is 6.00. The molecule has 33 heavy (non-hydrogen) atoms. The number of carbonyl (C=O) groups is 4. The van der Waals surface area contributed by atoms with Crippen molar-refractivity contribution in [1.82, 2.24) is 10.2 Å². The summed E-state index contributed by atoms with van der Waals surface area (Å²) in [4.78, 5) is 50.1. The van der Waals surface area contributed by atoms with Gasteiger partial charge >= 0.3 is 6.09 Å². The van der Waals surface area contributed by atoms with Gasteiger partial charge < -0.3 is 9.64 Å². The molecule has 0 radical (unpaired) electrons. The molecule has 9 nitrogen and oxygen atoms in total. The maximum absolute atomic E-state index is 12.9. The van der Waals surface area contributed by atoms with Crippen molar-refractivity contribution in [2.24, 2.45) is 0 Å². The van der Waals surface area contributed by atoms with Crippen LogP contribution in [0.15, 0.2) is 30.3 Å². The van der Waals surface area contributed by atoms with Gasteiger partial charge in [0, 0.05) is 24.2 Å². The van der Waals surface area contributed by atoms with Crippen LogP contribution in [0.2, 0.25) is 0 Å². The van der Waals surface area contributed by atoms with Gasteiger partial charge in [-0.2, -0.15) is 5.26 Å². The van der Waals surface area contributed by atoms with Crippen LogP contribution in [0.1, 0.15) is 51.0 Å². The van der Waals surface area contributed by atoms with Crippen LogP contribution in [0.4, 0.5) is 10.5 Å². The smallest absolute Gasteiger partial charge is 0.411 e. The molecule has 9 heteroatoms. The fraction of sp³-hybridized carbons (Fsp3) is 0.292. The van der Waals surface area contributed by atoms with Gasteiger partial charge in [-0.05, 0) is 60.7 Å². The van der Waals surface area contributed by atoms with Crippen molar-refractivity contribution >= 4 is 29.5 Å². The first-order chi connectivity index (χ1) is 15.8. The van der Waals surface area contributed by atoms with Crippen LogP contribution in [-0.4, -0.2) is 34.8 Å². The van der Waals surface area contributed by atoms with E-state index in [4.69, 9.17) is 4.74 Å². The number of piperidine rings is 1. The molecule has 1 saturated heterocycles. The molecule has 2 aliphatic rings. The second-order valence-corrected chi connectivity index (χ2v) is 8.17. The molecule has 2 heterocycles. The van der Waals surface area contributed by atoms with Crippen molar-refractivity contribution in [1.29, 1.82) is 5.26 Å². The average Bonchev–Trinajstić information content (AvgIpc) is 3.10. The summed E-state index contributed by atoms with van der Waals surface area (Å²) in [6.07, 6.45) is -0.188. The predicted molar refractivity (Wildman–Crippen MR) is 117 cm³/mol. The number of anilines is 1. The van der Waals surface area contributed by atoms with E-state index in [9.17, 15) is 24.4 Å². The number of amides is 4. The SMILES string of the molecule is Cc1cc(NC(=O)OCc2ccc3c(c2)C(=O)N(C2CCC(=O)NC2=O)C3)cc(C#N)c1C. The van der Waals surface area contributed by atoms with Gasteiger partial charge in [0.05, 0.1) is 11.6 Å². The van der Waals surface area contributed by atoms with Crippen LogP contribution in [0.3, 0.4) is 0 Å². The van der Waals surface area contributed by atoms with E-state index in [0.29, 0.717) is 28.8 Å². The summed E-state index contributed by atoms with van der Waals surface area (Å²) >= 11 is 0. The van der Waals surface area contributed by atoms with Crippen LogP contribution in [-0.2, 0) is 27.5 Å². The number of rotatable bonds is 4. The molecule has 0 aliphatic carbocycles. The monoisotopic (exact) mass is 446 g/mol. The van der Waals surface area contributed by atoms with E-state index in [2.05, 4.69) is 16.7 Å². The van der Waals surface area contributed by atoms with Gasteiger partial charge in [-0.25, -0.2) is 4.79 Å². The third kappa shape index (κ3) is 4.41. The zero-order valence-electron chi connectivity index (χ0n) is 18.2. The largest absolute Gasteiger partial charge is 0.444 e. The van der Waals surface area contributed by atoms with Crippen molar-refractivity contribution in [2.45, 2.75) is 45.9 Å². The molecule has 168 valence electrons. The highest BCUT2D eigenvalue weighted by Crippen LogP contribution is 2.28. The lowest BCUT2D eigenvalue weighted by Gasteiger charge is -2.29. The summed E-state index contributed by atoms with van der Waals surface area (Å²) in [6.45, 7) is 3.93. The molecular formula is C24H22N4O5. The minimum absolute atomic E-state index is 0.0548. The standard InChI is InChI=1S/C24H22N4O5/c1-13-7-18(9-17(10-25)14(13)2)26-24(32)33-12-15-3-4-16-11-28(23(31)19(16)8-15)20-5-6-21(29)27-22(20)30/h3-4,7-9,20H,5-6,11-12H2,1-2H3,(H,26,32)(H,27,29,30). The Hall–Kier alpha value is -4.19. The van der Waals surface area contributed by atoms with E-state index >= 15 is 0 Å². The van der Waals surface area contributed by atoms with Crippen molar-refractivity contribution in [3.05, 3.63) is 63.7 Å². The number of benzene rings is 2. The number of hydrogen-bond donors (Lipinski definition) is 2. The van der Waals surface area contributed by atoms with Gasteiger partial charge in [-0.1, -0.05) is 12.1 Å². The first-order valence-electron chi connectivity index (χ1n) is 10.5. The molecule has 2 aliphatic heterocycles. The maximum atomic E-state index is 12.9. The Morgan fingerprint density at radius 1 is 1.24 bits per heavy atom. The number of aryl methyl sites for hydroxylation is 1. The molecule has 1 fully saturated rings. The molecule has 0 aromatic heterocycles. The van der Waals surface area contributed by atoms with E-state index < -0.39 is 18.0 Å². The Labute approximate surface area is 190 Å². The fourth-order valence-corrected chi connectivity index (χ4v) is 4.04. The molecule has 4 rings (SSSR count). The fourth-order valence-electron chi connectivity index (χ4n) is 4.04. The van der Waals surface area contributed by atoms with Crippen LogP contribution in [0.5, 0.6) is 0 Å². The van der Waals surface area contributed by atoms with Crippen LogP contribution in [0, 0.1) is 25.2 Å². The molecule has 0 bridgehead atoms. The van der Waals surface area contributed by atoms with Crippen LogP contribution >= 0.6 is 0 Å². The summed E-state index contributed by atoms with van der Waals surface area (Å²) in [7, 11) is 0. The van der Waals surface area contributed by atoms with Gasteiger partial charge in [0.1, 0.15) is 12.6 Å². The Bertz CT molecular complexity index is 1230. The highest BCUT2D eigenvalue weighted by molar-refractivity contribution is 6.05. The Morgan fingerprint density at radius 3 is 2.76 bits per heavy atom. The number of fused-ring (bicyclic) bond motifs is 1. The van der Waals surface area contributed by atoms with Gasteiger partial charge in [0.15, 0.2) is 0 Å². The van der Waals surface area contributed by atoms with E-state index in [1.54, 1.807) is 30.3 Å². The molecule has 2 N–H and O–H groups in total. The minimum atomic E-state index is -0.681. The summed E-state index contributed by atoms with van der Waals surface area (Å²) in [5.41, 5.74) is 4.52. The maximum Gasteiger partial charge on any atom is 0.411 e. The molecule has 2 aromatic carbocycles. The van der Waals surface area contributed by atoms with Gasteiger partial charge in [-0.15, -0.1) is 0 Å². The Morgan fingerprint density at radius 2 is 2.03 bits per heavy atom. The van der Waals surface area contributed by atoms with Crippen LogP contribution < -0.4 is 10.6 Å². The van der Waals surface area contributed by atoms with Gasteiger partial charge in [0.25, 0.3) is 5.91 Å². The molecule has 0 spiro atoms. The van der Waals surface area contributed by atoms with Crippen LogP contribution in [0.25, 0.3) is 0 Å². The van der Waals surface area contributed by atoms with E-state index in [1.807, 2.05) is 13.8 Å². The number of nitriles is 1. The molecule has 1 unspecified atom stereocenters. The number of ether oxygens (including phenoxy) is 1. The van der Waals surface area contributed by atoms with Crippen molar-refractivity contribution in [2.75, 3.05) is 5.32 Å². The summed E-state index contributed by atoms with van der Waals surface area (Å²) < 4.78 is 5.28. The normalized spacial score (nSPS) is 17.3. The Balaban J connectivity index is 1.40. The number of nitrogens with one attached hydrogen (secondary N) is 2. The second-order valence-electron chi connectivity index (χ2n) is 8.17. The van der Waals surface area contributed by atoms with E-state index in [1.165, 1.54) is 4.90 Å². The van der Waals surface area contributed by atoms with Gasteiger partial charge in [-0.3, -0.25) is 25.0 Å². The molecule has 1 atom stereocenters. The van der Waals surface area contributed by atoms with Crippen molar-refractivity contribution in [3.63, 3.8) is 0 Å². The highest BCUT2D eigenvalue weighted by Gasteiger charge is 2.39. The first-order valence-corrected chi connectivity index (χ1v) is 10.5. The number of hydrogen-bond acceptors (Lipinski definition) is 6. The molecular weight excluding hydrogens is 424 g/mol. The van der Waals surface area contributed by atoms with E-state index in [0.717, 1.165) is 16.7 Å². The minimum Gasteiger partial charge on any atom is -0.444 e. The summed E-state index contributed by atoms with van der Waals surface area (Å²) in [6, 6.07) is 9.96. The lowest BCUT2D eigenvalue weighted by Crippen LogP contribution is -2.52. The lowest BCUT2D eigenvalue weighted by molar-refractivity contribution is -0.136. The summed E-state index contributed by atoms with van der Waals surface area (Å²) in [5, 5.41) is 14.1. The quantitative estimate of drug-likeness (QED) is 0.695. The first kappa shape index (κ1) is 22.0. The number of nitrogens with zero attached hydrogens (tertiary/aromatic N) is 2. The van der Waals surface area contributed by atoms with Crippen molar-refractivity contribution < 1.29 is 23.9 Å². The lowest BCUT2D eigenvalue weighted by atomic mass is 10.0. The van der Waals surface area contributed by atoms with E-state index in [-0.39, 0.29) is 31.4 Å². The Kier molecular flexibility index (Phi) is 5.84. The second kappa shape index (κ2) is 8.74.